The summed E-state index contributed by atoms with van der Waals surface area (Å²) in [7, 11) is 1.74. The molecule has 8 heteroatoms. The van der Waals surface area contributed by atoms with Gasteiger partial charge in [0.1, 0.15) is 5.83 Å². The zero-order chi connectivity index (χ0) is 25.2. The van der Waals surface area contributed by atoms with Crippen molar-refractivity contribution in [2.75, 3.05) is 33.1 Å². The molecule has 5 nitrogen and oxygen atoms in total. The summed E-state index contributed by atoms with van der Waals surface area (Å²) in [6.45, 7) is 6.46. The summed E-state index contributed by atoms with van der Waals surface area (Å²) in [5, 5.41) is 0.769. The Bertz CT molecular complexity index is 982. The number of hydrogen-bond acceptors (Lipinski definition) is 5. The first-order valence-electron chi connectivity index (χ1n) is 12.4. The fourth-order valence-electron chi connectivity index (χ4n) is 5.21. The molecule has 1 N–H and O–H groups in total. The molecule has 1 saturated heterocycles. The maximum atomic E-state index is 14.9. The molecule has 1 aromatic carbocycles. The second-order valence-corrected chi connectivity index (χ2v) is 11.1. The minimum absolute atomic E-state index is 0.108. The molecule has 192 valence electrons. The lowest BCUT2D eigenvalue weighted by Gasteiger charge is -2.43. The van der Waals surface area contributed by atoms with Gasteiger partial charge in [0.05, 0.1) is 23.9 Å². The number of piperidine rings is 1. The van der Waals surface area contributed by atoms with Crippen molar-refractivity contribution in [3.8, 4) is 0 Å². The average molecular weight is 523 g/mol. The number of amides is 1. The highest BCUT2D eigenvalue weighted by Gasteiger charge is 2.40. The third kappa shape index (κ3) is 6.31. The molecule has 1 aromatic rings. The molecular formula is C27H36ClFN2O3S. The van der Waals surface area contributed by atoms with E-state index in [9.17, 15) is 9.18 Å². The van der Waals surface area contributed by atoms with Gasteiger partial charge in [-0.1, -0.05) is 29.6 Å². The molecule has 1 heterocycles. The van der Waals surface area contributed by atoms with E-state index < -0.39 is 11.4 Å². The first-order chi connectivity index (χ1) is 16.7. The van der Waals surface area contributed by atoms with Crippen LogP contribution in [-0.4, -0.2) is 55.6 Å². The number of ether oxygens (including phenoxy) is 2. The first-order valence-corrected chi connectivity index (χ1v) is 14.0. The number of nitrogens with zero attached hydrogens (tertiary/aromatic N) is 1. The topological polar surface area (TPSA) is 50.8 Å². The molecule has 1 aliphatic heterocycles. The van der Waals surface area contributed by atoms with E-state index in [2.05, 4.69) is 29.5 Å². The van der Waals surface area contributed by atoms with Crippen LogP contribution >= 0.6 is 23.5 Å². The molecule has 2 aliphatic carbocycles. The van der Waals surface area contributed by atoms with Crippen molar-refractivity contribution in [3.05, 3.63) is 57.4 Å². The highest BCUT2D eigenvalue weighted by atomic mass is 35.5. The number of carbonyl (C=O) groups is 1. The number of carbonyl (C=O) groups excluding carboxylic acids is 1. The van der Waals surface area contributed by atoms with E-state index in [0.29, 0.717) is 12.5 Å². The van der Waals surface area contributed by atoms with Gasteiger partial charge in [-0.05, 0) is 80.4 Å². The van der Waals surface area contributed by atoms with Gasteiger partial charge in [0.25, 0.3) is 5.91 Å². The van der Waals surface area contributed by atoms with E-state index in [-0.39, 0.29) is 30.0 Å². The molecule has 35 heavy (non-hydrogen) atoms. The van der Waals surface area contributed by atoms with Gasteiger partial charge in [0.15, 0.2) is 0 Å². The highest BCUT2D eigenvalue weighted by Crippen LogP contribution is 2.44. The SMILES string of the molecule is COC1(COC2CC(F)=C(C(=O)NSC)C=C2C2CC2)CCN(C(C)c2cc(C)cc(Cl)c2)CC1. The Morgan fingerprint density at radius 1 is 1.31 bits per heavy atom. The van der Waals surface area contributed by atoms with E-state index in [0.717, 1.165) is 49.4 Å². The Balaban J connectivity index is 1.38. The number of halogens is 2. The van der Waals surface area contributed by atoms with Crippen LogP contribution in [0.1, 0.15) is 56.2 Å². The Morgan fingerprint density at radius 2 is 2.03 bits per heavy atom. The maximum Gasteiger partial charge on any atom is 0.263 e. The van der Waals surface area contributed by atoms with Gasteiger partial charge >= 0.3 is 0 Å². The molecule has 4 rings (SSSR count). The van der Waals surface area contributed by atoms with Crippen LogP contribution in [0.5, 0.6) is 0 Å². The molecule has 3 aliphatic rings. The van der Waals surface area contributed by atoms with Crippen LogP contribution in [0, 0.1) is 12.8 Å². The summed E-state index contributed by atoms with van der Waals surface area (Å²) < 4.78 is 29.9. The second-order valence-electron chi connectivity index (χ2n) is 10.0. The third-order valence-electron chi connectivity index (χ3n) is 7.61. The summed E-state index contributed by atoms with van der Waals surface area (Å²) in [6, 6.07) is 6.48. The molecule has 2 fully saturated rings. The standard InChI is InChI=1S/C27H36ClFN2O3S/c1-17-11-20(13-21(28)12-17)18(2)31-9-7-27(33-3,8-10-31)16-34-25-15-24(29)23(26(32)30-35-4)14-22(25)19-5-6-19/h11-14,18-19,25H,5-10,15-16H2,1-4H3,(H,30,32). The molecule has 0 spiro atoms. The Labute approximate surface area is 217 Å². The van der Waals surface area contributed by atoms with Crippen molar-refractivity contribution < 1.29 is 18.7 Å². The Kier molecular flexibility index (Phi) is 8.65. The lowest BCUT2D eigenvalue weighted by Crippen LogP contribution is -2.49. The van der Waals surface area contributed by atoms with Gasteiger partial charge in [0, 0.05) is 43.9 Å². The lowest BCUT2D eigenvalue weighted by atomic mass is 9.89. The number of methoxy groups -OCH3 is 1. The fraction of sp³-hybridized carbons (Fsp3) is 0.593. The van der Waals surface area contributed by atoms with E-state index in [1.807, 2.05) is 12.1 Å². The van der Waals surface area contributed by atoms with Crippen LogP contribution in [0.2, 0.25) is 5.02 Å². The predicted molar refractivity (Wildman–Crippen MR) is 140 cm³/mol. The van der Waals surface area contributed by atoms with E-state index in [1.165, 1.54) is 23.1 Å². The largest absolute Gasteiger partial charge is 0.376 e. The molecule has 0 aromatic heterocycles. The highest BCUT2D eigenvalue weighted by molar-refractivity contribution is 7.97. The number of hydrogen-bond donors (Lipinski definition) is 1. The molecular weight excluding hydrogens is 487 g/mol. The van der Waals surface area contributed by atoms with Crippen LogP contribution < -0.4 is 4.72 Å². The molecule has 1 saturated carbocycles. The van der Waals surface area contributed by atoms with Crippen LogP contribution in [0.15, 0.2) is 41.2 Å². The van der Waals surface area contributed by atoms with Crippen molar-refractivity contribution in [1.29, 1.82) is 0 Å². The predicted octanol–water partition coefficient (Wildman–Crippen LogP) is 5.93. The van der Waals surface area contributed by atoms with E-state index >= 15 is 0 Å². The van der Waals surface area contributed by atoms with Crippen LogP contribution in [0.3, 0.4) is 0 Å². The van der Waals surface area contributed by atoms with Crippen molar-refractivity contribution >= 4 is 29.5 Å². The van der Waals surface area contributed by atoms with Crippen LogP contribution in [0.4, 0.5) is 4.39 Å². The molecule has 0 radical (unpaired) electrons. The molecule has 0 bridgehead atoms. The second kappa shape index (κ2) is 11.3. The van der Waals surface area contributed by atoms with Gasteiger partial charge in [-0.2, -0.15) is 0 Å². The van der Waals surface area contributed by atoms with E-state index in [4.69, 9.17) is 21.1 Å². The monoisotopic (exact) mass is 522 g/mol. The maximum absolute atomic E-state index is 14.9. The van der Waals surface area contributed by atoms with Crippen molar-refractivity contribution in [3.63, 3.8) is 0 Å². The number of nitrogens with one attached hydrogen (secondary N) is 1. The molecule has 2 unspecified atom stereocenters. The number of benzene rings is 1. The fourth-order valence-corrected chi connectivity index (χ4v) is 5.81. The van der Waals surface area contributed by atoms with Gasteiger partial charge in [-0.15, -0.1) is 0 Å². The van der Waals surface area contributed by atoms with Crippen molar-refractivity contribution in [1.82, 2.24) is 9.62 Å². The summed E-state index contributed by atoms with van der Waals surface area (Å²) in [6.07, 6.45) is 7.05. The van der Waals surface area contributed by atoms with Crippen LogP contribution in [-0.2, 0) is 14.3 Å². The van der Waals surface area contributed by atoms with Gasteiger partial charge < -0.3 is 9.47 Å². The minimum atomic E-state index is -0.405. The molecule has 2 atom stereocenters. The van der Waals surface area contributed by atoms with Crippen molar-refractivity contribution in [2.24, 2.45) is 5.92 Å². The molecule has 1 amide bonds. The number of aryl methyl sites for hydroxylation is 1. The first kappa shape index (κ1) is 26.7. The lowest BCUT2D eigenvalue weighted by molar-refractivity contribution is -0.121. The zero-order valence-electron chi connectivity index (χ0n) is 21.0. The zero-order valence-corrected chi connectivity index (χ0v) is 22.6. The van der Waals surface area contributed by atoms with Crippen molar-refractivity contribution in [2.45, 2.75) is 63.7 Å². The van der Waals surface area contributed by atoms with Gasteiger partial charge in [-0.25, -0.2) is 4.39 Å². The van der Waals surface area contributed by atoms with Crippen LogP contribution in [0.25, 0.3) is 0 Å². The average Bonchev–Trinajstić information content (AvgIpc) is 3.67. The van der Waals surface area contributed by atoms with Gasteiger partial charge in [-0.3, -0.25) is 14.4 Å². The summed E-state index contributed by atoms with van der Waals surface area (Å²) in [5.41, 5.74) is 3.18. The number of rotatable bonds is 9. The summed E-state index contributed by atoms with van der Waals surface area (Å²) in [5.74, 6) is -0.401. The van der Waals surface area contributed by atoms with E-state index in [1.54, 1.807) is 19.4 Å². The summed E-state index contributed by atoms with van der Waals surface area (Å²) in [4.78, 5) is 14.7. The minimum Gasteiger partial charge on any atom is -0.376 e. The number of likely N-dealkylation sites (tertiary alicyclic amines) is 1. The third-order valence-corrected chi connectivity index (χ3v) is 8.22. The summed E-state index contributed by atoms with van der Waals surface area (Å²) >= 11 is 7.47. The Hall–Kier alpha value is -1.38. The normalized spacial score (nSPS) is 23.7. The smallest absolute Gasteiger partial charge is 0.263 e. The quantitative estimate of drug-likeness (QED) is 0.407. The Morgan fingerprint density at radius 3 is 2.63 bits per heavy atom. The van der Waals surface area contributed by atoms with Gasteiger partial charge in [0.2, 0.25) is 0 Å².